The van der Waals surface area contributed by atoms with Crippen molar-refractivity contribution in [2.24, 2.45) is 0 Å². The number of carbonyl (C=O) groups excluding carboxylic acids is 1. The monoisotopic (exact) mass is 330 g/mol. The van der Waals surface area contributed by atoms with E-state index >= 15 is 0 Å². The standard InChI is InChI=1S/C15H34O2Si3/c1-13(2)14(16)17-15(19(6,7)8,20(9,10)11)12-18(3,4)5/h1,12H2,2-11H3. The number of carbonyl (C=O) groups is 1. The molecule has 0 aromatic carbocycles. The van der Waals surface area contributed by atoms with Crippen molar-refractivity contribution >= 4 is 30.2 Å². The van der Waals surface area contributed by atoms with Gasteiger partial charge in [-0.2, -0.15) is 0 Å². The lowest BCUT2D eigenvalue weighted by molar-refractivity contribution is -0.143. The number of ether oxygens (including phenoxy) is 1. The smallest absolute Gasteiger partial charge is 0.333 e. The summed E-state index contributed by atoms with van der Waals surface area (Å²) < 4.78 is 6.22. The van der Waals surface area contributed by atoms with E-state index in [9.17, 15) is 4.79 Å². The van der Waals surface area contributed by atoms with E-state index in [2.05, 4.69) is 65.5 Å². The summed E-state index contributed by atoms with van der Waals surface area (Å²) in [6, 6.07) is 1.07. The summed E-state index contributed by atoms with van der Waals surface area (Å²) in [4.78, 5) is 12.1. The molecule has 0 aliphatic rings. The van der Waals surface area contributed by atoms with Crippen molar-refractivity contribution in [3.63, 3.8) is 0 Å². The molecule has 0 aromatic rings. The summed E-state index contributed by atoms with van der Waals surface area (Å²) in [6.07, 6.45) is 0. The molecule has 0 spiro atoms. The lowest BCUT2D eigenvalue weighted by atomic mass is 10.4. The molecule has 0 fully saturated rings. The lowest BCUT2D eigenvalue weighted by Crippen LogP contribution is -2.70. The van der Waals surface area contributed by atoms with Gasteiger partial charge in [-0.15, -0.1) is 0 Å². The van der Waals surface area contributed by atoms with Crippen LogP contribution in [0.2, 0.25) is 65.0 Å². The maximum absolute atomic E-state index is 12.3. The van der Waals surface area contributed by atoms with E-state index < -0.39 is 24.2 Å². The van der Waals surface area contributed by atoms with Gasteiger partial charge in [0, 0.05) is 13.6 Å². The fraction of sp³-hybridized carbons (Fsp3) is 0.800. The third-order valence-corrected chi connectivity index (χ3v) is 16.0. The molecule has 0 saturated carbocycles. The second-order valence-electron chi connectivity index (χ2n) is 9.23. The fourth-order valence-electron chi connectivity index (χ4n) is 2.99. The highest BCUT2D eigenvalue weighted by Crippen LogP contribution is 2.41. The van der Waals surface area contributed by atoms with Crippen molar-refractivity contribution in [2.45, 2.75) is 76.7 Å². The van der Waals surface area contributed by atoms with E-state index in [0.717, 1.165) is 6.04 Å². The second kappa shape index (κ2) is 5.93. The molecule has 0 aliphatic heterocycles. The highest BCUT2D eigenvalue weighted by molar-refractivity contribution is 7.00. The van der Waals surface area contributed by atoms with E-state index in [0.29, 0.717) is 5.57 Å². The summed E-state index contributed by atoms with van der Waals surface area (Å²) in [7, 11) is -4.71. The van der Waals surface area contributed by atoms with Gasteiger partial charge in [-0.05, 0) is 13.0 Å². The van der Waals surface area contributed by atoms with Gasteiger partial charge in [-0.1, -0.05) is 65.5 Å². The zero-order valence-corrected chi connectivity index (χ0v) is 18.2. The Hall–Kier alpha value is -0.139. The van der Waals surface area contributed by atoms with Crippen LogP contribution in [-0.4, -0.2) is 35.0 Å². The van der Waals surface area contributed by atoms with Crippen LogP contribution in [0.5, 0.6) is 0 Å². The Morgan fingerprint density at radius 2 is 1.30 bits per heavy atom. The zero-order valence-electron chi connectivity index (χ0n) is 15.2. The maximum atomic E-state index is 12.3. The van der Waals surface area contributed by atoms with Gasteiger partial charge in [-0.25, -0.2) is 4.79 Å². The van der Waals surface area contributed by atoms with Crippen LogP contribution in [0.1, 0.15) is 6.92 Å². The van der Waals surface area contributed by atoms with Crippen molar-refractivity contribution in [1.82, 2.24) is 0 Å². The molecule has 0 radical (unpaired) electrons. The average Bonchev–Trinajstić information content (AvgIpc) is 2.10. The van der Waals surface area contributed by atoms with Gasteiger partial charge in [-0.3, -0.25) is 0 Å². The third-order valence-electron chi connectivity index (χ3n) is 3.82. The minimum absolute atomic E-state index is 0.201. The zero-order chi connectivity index (χ0) is 16.6. The number of hydrogen-bond acceptors (Lipinski definition) is 2. The molecule has 0 N–H and O–H groups in total. The van der Waals surface area contributed by atoms with Crippen LogP contribution in [0.3, 0.4) is 0 Å². The number of hydrogen-bond donors (Lipinski definition) is 0. The van der Waals surface area contributed by atoms with Gasteiger partial charge in [0.25, 0.3) is 0 Å². The first-order valence-corrected chi connectivity index (χ1v) is 18.1. The molecule has 118 valence electrons. The van der Waals surface area contributed by atoms with E-state index in [1.54, 1.807) is 6.92 Å². The largest absolute Gasteiger partial charge is 0.464 e. The Morgan fingerprint density at radius 1 is 0.950 bits per heavy atom. The van der Waals surface area contributed by atoms with Gasteiger partial charge in [0.05, 0.1) is 21.0 Å². The van der Waals surface area contributed by atoms with E-state index in [1.165, 1.54) is 0 Å². The van der Waals surface area contributed by atoms with Gasteiger partial charge >= 0.3 is 5.97 Å². The van der Waals surface area contributed by atoms with Crippen LogP contribution >= 0.6 is 0 Å². The Labute approximate surface area is 129 Å². The Morgan fingerprint density at radius 3 is 1.50 bits per heavy atom. The molecule has 0 amide bonds. The van der Waals surface area contributed by atoms with Crippen molar-refractivity contribution in [2.75, 3.05) is 0 Å². The molecule has 0 bridgehead atoms. The molecule has 0 atom stereocenters. The summed E-state index contributed by atoms with van der Waals surface area (Å²) in [5.41, 5.74) is 0.515. The summed E-state index contributed by atoms with van der Waals surface area (Å²) in [5, 5.41) is 0. The average molecular weight is 331 g/mol. The first kappa shape index (κ1) is 19.9. The molecule has 0 saturated heterocycles. The molecule has 0 rings (SSSR count). The second-order valence-corrected chi connectivity index (χ2v) is 25.8. The van der Waals surface area contributed by atoms with Crippen molar-refractivity contribution in [3.8, 4) is 0 Å². The summed E-state index contributed by atoms with van der Waals surface area (Å²) in [5.74, 6) is -0.201. The highest BCUT2D eigenvalue weighted by atomic mass is 28.4. The van der Waals surface area contributed by atoms with Crippen LogP contribution in [0.25, 0.3) is 0 Å². The molecule has 0 heterocycles. The lowest BCUT2D eigenvalue weighted by Gasteiger charge is -2.53. The van der Waals surface area contributed by atoms with E-state index in [4.69, 9.17) is 4.74 Å². The molecule has 2 nitrogen and oxygen atoms in total. The van der Waals surface area contributed by atoms with Crippen molar-refractivity contribution in [1.29, 1.82) is 0 Å². The Bertz CT molecular complexity index is 367. The van der Waals surface area contributed by atoms with Crippen LogP contribution in [0, 0.1) is 0 Å². The van der Waals surface area contributed by atoms with Crippen LogP contribution in [0.4, 0.5) is 0 Å². The fourth-order valence-corrected chi connectivity index (χ4v) is 21.8. The molecule has 5 heteroatoms. The molecular weight excluding hydrogens is 296 g/mol. The molecular formula is C15H34O2Si3. The Kier molecular flexibility index (Phi) is 5.89. The van der Waals surface area contributed by atoms with Crippen LogP contribution in [0.15, 0.2) is 12.2 Å². The molecule has 20 heavy (non-hydrogen) atoms. The predicted molar refractivity (Wildman–Crippen MR) is 98.5 cm³/mol. The van der Waals surface area contributed by atoms with Crippen LogP contribution in [-0.2, 0) is 9.53 Å². The molecule has 0 aliphatic carbocycles. The topological polar surface area (TPSA) is 26.3 Å². The Balaban J connectivity index is 5.96. The van der Waals surface area contributed by atoms with E-state index in [-0.39, 0.29) is 10.8 Å². The molecule has 0 aromatic heterocycles. The number of rotatable bonds is 6. The number of esters is 1. The van der Waals surface area contributed by atoms with Crippen molar-refractivity contribution < 1.29 is 9.53 Å². The maximum Gasteiger partial charge on any atom is 0.333 e. The minimum atomic E-state index is -1.68. The van der Waals surface area contributed by atoms with Crippen molar-refractivity contribution in [3.05, 3.63) is 12.2 Å². The molecule has 0 unspecified atom stereocenters. The quantitative estimate of drug-likeness (QED) is 0.392. The first-order valence-electron chi connectivity index (χ1n) is 7.42. The summed E-state index contributed by atoms with van der Waals surface area (Å²) in [6.45, 7) is 26.7. The van der Waals surface area contributed by atoms with E-state index in [1.807, 2.05) is 0 Å². The van der Waals surface area contributed by atoms with Gasteiger partial charge in [0.2, 0.25) is 0 Å². The third kappa shape index (κ3) is 4.70. The normalized spacial score (nSPS) is 14.1. The SMILES string of the molecule is C=C(C)C(=O)OC(C[Si](C)(C)C)([Si](C)(C)C)[Si](C)(C)C. The predicted octanol–water partition coefficient (Wildman–Crippen LogP) is 4.94. The van der Waals surface area contributed by atoms with Gasteiger partial charge in [0.15, 0.2) is 0 Å². The van der Waals surface area contributed by atoms with Gasteiger partial charge < -0.3 is 4.74 Å². The van der Waals surface area contributed by atoms with Crippen LogP contribution < -0.4 is 0 Å². The first-order chi connectivity index (χ1) is 8.53. The van der Waals surface area contributed by atoms with Gasteiger partial charge in [0.1, 0.15) is 0 Å². The summed E-state index contributed by atoms with van der Waals surface area (Å²) >= 11 is 0. The minimum Gasteiger partial charge on any atom is -0.464 e. The highest BCUT2D eigenvalue weighted by Gasteiger charge is 2.57.